The van der Waals surface area contributed by atoms with Gasteiger partial charge in [0, 0.05) is 15.0 Å². The van der Waals surface area contributed by atoms with Crippen LogP contribution in [0.15, 0.2) is 22.6 Å². The number of benzene rings is 1. The lowest BCUT2D eigenvalue weighted by molar-refractivity contribution is 0.498. The van der Waals surface area contributed by atoms with Crippen molar-refractivity contribution < 1.29 is 4.42 Å². The molecule has 0 amide bonds. The molecule has 0 unspecified atom stereocenters. The summed E-state index contributed by atoms with van der Waals surface area (Å²) in [4.78, 5) is 0. The van der Waals surface area contributed by atoms with E-state index in [1.54, 1.807) is 0 Å². The third-order valence-electron chi connectivity index (χ3n) is 2.22. The fourth-order valence-corrected chi connectivity index (χ4v) is 2.12. The molecule has 0 aliphatic heterocycles. The Hall–Kier alpha value is -0.660. The van der Waals surface area contributed by atoms with Gasteiger partial charge in [0.2, 0.25) is 11.8 Å². The van der Waals surface area contributed by atoms with Gasteiger partial charge in [0.25, 0.3) is 0 Å². The van der Waals surface area contributed by atoms with Gasteiger partial charge in [0.1, 0.15) is 0 Å². The van der Waals surface area contributed by atoms with Gasteiger partial charge in [-0.15, -0.1) is 10.2 Å². The molecule has 1 aromatic heterocycles. The monoisotopic (exact) mass is 363 g/mol. The maximum Gasteiger partial charge on any atom is 0.248 e. The molecule has 17 heavy (non-hydrogen) atoms. The van der Waals surface area contributed by atoms with Gasteiger partial charge in [-0.2, -0.15) is 0 Å². The highest BCUT2D eigenvalue weighted by molar-refractivity contribution is 14.1. The molecular formula is C11H11ClIN3O. The Balaban J connectivity index is 2.27. The Bertz CT molecular complexity index is 515. The van der Waals surface area contributed by atoms with E-state index in [1.165, 1.54) is 0 Å². The van der Waals surface area contributed by atoms with Crippen molar-refractivity contribution in [1.29, 1.82) is 0 Å². The maximum atomic E-state index is 5.95. The highest BCUT2D eigenvalue weighted by Gasteiger charge is 2.11. The topological polar surface area (TPSA) is 64.9 Å². The fraction of sp³-hybridized carbons (Fsp3) is 0.273. The lowest BCUT2D eigenvalue weighted by atomic mass is 10.2. The van der Waals surface area contributed by atoms with Crippen molar-refractivity contribution in [3.63, 3.8) is 0 Å². The number of nitrogens with two attached hydrogens (primary N) is 1. The predicted octanol–water partition coefficient (Wildman–Crippen LogP) is 2.89. The van der Waals surface area contributed by atoms with E-state index in [0.717, 1.165) is 15.6 Å². The largest absolute Gasteiger partial charge is 0.421 e. The molecule has 0 bridgehead atoms. The first-order valence-electron chi connectivity index (χ1n) is 5.18. The summed E-state index contributed by atoms with van der Waals surface area (Å²) in [6, 6.07) is 5.57. The van der Waals surface area contributed by atoms with Crippen molar-refractivity contribution in [2.75, 3.05) is 6.54 Å². The summed E-state index contributed by atoms with van der Waals surface area (Å²) in [5, 5.41) is 8.66. The van der Waals surface area contributed by atoms with Gasteiger partial charge in [-0.05, 0) is 53.8 Å². The molecule has 0 spiro atoms. The van der Waals surface area contributed by atoms with Crippen molar-refractivity contribution in [3.05, 3.63) is 32.7 Å². The Morgan fingerprint density at radius 2 is 2.18 bits per heavy atom. The number of aromatic nitrogens is 2. The van der Waals surface area contributed by atoms with Crippen molar-refractivity contribution in [2.45, 2.75) is 12.8 Å². The molecular weight excluding hydrogens is 352 g/mol. The molecule has 1 heterocycles. The molecule has 0 atom stereocenters. The number of aryl methyl sites for hydroxylation is 1. The summed E-state index contributed by atoms with van der Waals surface area (Å²) in [7, 11) is 0. The predicted molar refractivity (Wildman–Crippen MR) is 74.8 cm³/mol. The van der Waals surface area contributed by atoms with E-state index in [4.69, 9.17) is 21.8 Å². The molecule has 0 saturated heterocycles. The SMILES string of the molecule is NCCCc1nnc(-c2cc(Cl)ccc2I)o1. The average Bonchev–Trinajstić information content (AvgIpc) is 2.78. The zero-order chi connectivity index (χ0) is 12.3. The second-order valence-electron chi connectivity index (χ2n) is 3.52. The number of halogens is 2. The minimum Gasteiger partial charge on any atom is -0.421 e. The van der Waals surface area contributed by atoms with Crippen LogP contribution in [0.3, 0.4) is 0 Å². The van der Waals surface area contributed by atoms with Gasteiger partial charge >= 0.3 is 0 Å². The molecule has 2 aromatic rings. The molecule has 4 nitrogen and oxygen atoms in total. The van der Waals surface area contributed by atoms with Crippen molar-refractivity contribution in [3.8, 4) is 11.5 Å². The molecule has 0 aliphatic rings. The molecule has 0 radical (unpaired) electrons. The molecule has 0 saturated carbocycles. The van der Waals surface area contributed by atoms with Crippen LogP contribution in [0.1, 0.15) is 12.3 Å². The van der Waals surface area contributed by atoms with Crippen LogP contribution in [0.5, 0.6) is 0 Å². The van der Waals surface area contributed by atoms with Gasteiger partial charge in [-0.3, -0.25) is 0 Å². The molecule has 0 aliphatic carbocycles. The second kappa shape index (κ2) is 5.79. The number of hydrogen-bond acceptors (Lipinski definition) is 4. The van der Waals surface area contributed by atoms with Gasteiger partial charge in [0.15, 0.2) is 0 Å². The number of hydrogen-bond donors (Lipinski definition) is 1. The molecule has 2 N–H and O–H groups in total. The zero-order valence-corrected chi connectivity index (χ0v) is 11.9. The van der Waals surface area contributed by atoms with Crippen LogP contribution >= 0.6 is 34.2 Å². The van der Waals surface area contributed by atoms with E-state index in [9.17, 15) is 0 Å². The van der Waals surface area contributed by atoms with Crippen LogP contribution in [0.4, 0.5) is 0 Å². The lowest BCUT2D eigenvalue weighted by Crippen LogP contribution is -2.00. The summed E-state index contributed by atoms with van der Waals surface area (Å²) < 4.78 is 6.60. The Kier molecular flexibility index (Phi) is 4.36. The Labute approximate surface area is 118 Å². The Morgan fingerprint density at radius 3 is 2.94 bits per heavy atom. The third kappa shape index (κ3) is 3.17. The molecule has 1 aromatic carbocycles. The number of nitrogens with zero attached hydrogens (tertiary/aromatic N) is 2. The normalized spacial score (nSPS) is 10.8. The lowest BCUT2D eigenvalue weighted by Gasteiger charge is -1.99. The first-order chi connectivity index (χ1) is 8.20. The van der Waals surface area contributed by atoms with E-state index < -0.39 is 0 Å². The van der Waals surface area contributed by atoms with E-state index in [1.807, 2.05) is 18.2 Å². The van der Waals surface area contributed by atoms with Crippen LogP contribution in [0, 0.1) is 3.57 Å². The van der Waals surface area contributed by atoms with Crippen molar-refractivity contribution in [2.24, 2.45) is 5.73 Å². The highest BCUT2D eigenvalue weighted by atomic mass is 127. The first-order valence-corrected chi connectivity index (χ1v) is 6.64. The second-order valence-corrected chi connectivity index (χ2v) is 5.12. The van der Waals surface area contributed by atoms with Gasteiger partial charge in [-0.25, -0.2) is 0 Å². The minimum atomic E-state index is 0.504. The van der Waals surface area contributed by atoms with E-state index in [2.05, 4.69) is 32.8 Å². The molecule has 0 fully saturated rings. The van der Waals surface area contributed by atoms with Crippen LogP contribution in [0.2, 0.25) is 5.02 Å². The molecule has 2 rings (SSSR count). The smallest absolute Gasteiger partial charge is 0.248 e. The molecule has 6 heteroatoms. The fourth-order valence-electron chi connectivity index (χ4n) is 1.38. The van der Waals surface area contributed by atoms with Crippen molar-refractivity contribution in [1.82, 2.24) is 10.2 Å². The standard InChI is InChI=1S/C11H11ClIN3O/c12-7-3-4-9(13)8(6-7)11-16-15-10(17-11)2-1-5-14/h3-4,6H,1-2,5,14H2. The van der Waals surface area contributed by atoms with E-state index >= 15 is 0 Å². The summed E-state index contributed by atoms with van der Waals surface area (Å²) >= 11 is 8.16. The first kappa shape index (κ1) is 12.8. The summed E-state index contributed by atoms with van der Waals surface area (Å²) in [5.74, 6) is 1.12. The molecule has 90 valence electrons. The van der Waals surface area contributed by atoms with Crippen LogP contribution in [-0.4, -0.2) is 16.7 Å². The van der Waals surface area contributed by atoms with Crippen LogP contribution in [0.25, 0.3) is 11.5 Å². The maximum absolute atomic E-state index is 5.95. The zero-order valence-electron chi connectivity index (χ0n) is 8.99. The highest BCUT2D eigenvalue weighted by Crippen LogP contribution is 2.27. The van der Waals surface area contributed by atoms with Crippen LogP contribution < -0.4 is 5.73 Å². The quantitative estimate of drug-likeness (QED) is 0.848. The third-order valence-corrected chi connectivity index (χ3v) is 3.40. The van der Waals surface area contributed by atoms with Gasteiger partial charge in [-0.1, -0.05) is 11.6 Å². The Morgan fingerprint density at radius 1 is 1.35 bits per heavy atom. The minimum absolute atomic E-state index is 0.504. The summed E-state index contributed by atoms with van der Waals surface area (Å²) in [5.41, 5.74) is 6.30. The van der Waals surface area contributed by atoms with Gasteiger partial charge < -0.3 is 10.2 Å². The van der Waals surface area contributed by atoms with E-state index in [0.29, 0.717) is 29.8 Å². The van der Waals surface area contributed by atoms with E-state index in [-0.39, 0.29) is 0 Å². The van der Waals surface area contributed by atoms with Crippen LogP contribution in [-0.2, 0) is 6.42 Å². The summed E-state index contributed by atoms with van der Waals surface area (Å²) in [6.45, 7) is 0.617. The van der Waals surface area contributed by atoms with Crippen molar-refractivity contribution >= 4 is 34.2 Å². The average molecular weight is 364 g/mol. The summed E-state index contributed by atoms with van der Waals surface area (Å²) in [6.07, 6.45) is 1.55. The van der Waals surface area contributed by atoms with Gasteiger partial charge in [0.05, 0.1) is 5.56 Å². The number of rotatable bonds is 4.